The van der Waals surface area contributed by atoms with Gasteiger partial charge in [0.05, 0.1) is 7.11 Å². The van der Waals surface area contributed by atoms with Crippen LogP contribution < -0.4 is 10.1 Å². The normalized spacial score (nSPS) is 10.9. The molecular weight excluding hydrogens is 508 g/mol. The molecule has 0 aliphatic heterocycles. The molecule has 0 saturated carbocycles. The van der Waals surface area contributed by atoms with Crippen LogP contribution in [0, 0.1) is 11.3 Å². The fourth-order valence-corrected chi connectivity index (χ4v) is 3.96. The SMILES string of the molecule is COc1cc(/C=C(\C#N)C(=O)Nc2ccccc2)cc(Br)c1Cc1ccccc1Br. The van der Waals surface area contributed by atoms with Crippen molar-refractivity contribution in [2.75, 3.05) is 12.4 Å². The summed E-state index contributed by atoms with van der Waals surface area (Å²) < 4.78 is 7.45. The third-order valence-electron chi connectivity index (χ3n) is 4.43. The lowest BCUT2D eigenvalue weighted by Gasteiger charge is -2.13. The number of anilines is 1. The molecule has 0 aliphatic carbocycles. The van der Waals surface area contributed by atoms with E-state index in [2.05, 4.69) is 37.2 Å². The molecule has 0 unspecified atom stereocenters. The maximum atomic E-state index is 12.5. The van der Waals surface area contributed by atoms with E-state index in [-0.39, 0.29) is 5.57 Å². The number of nitriles is 1. The van der Waals surface area contributed by atoms with E-state index in [1.54, 1.807) is 25.3 Å². The fraction of sp³-hybridized carbons (Fsp3) is 0.0833. The zero-order chi connectivity index (χ0) is 21.5. The Morgan fingerprint density at radius 1 is 1.07 bits per heavy atom. The van der Waals surface area contributed by atoms with Crippen molar-refractivity contribution in [3.05, 3.63) is 97.9 Å². The highest BCUT2D eigenvalue weighted by atomic mass is 79.9. The second kappa shape index (κ2) is 10.2. The Morgan fingerprint density at radius 2 is 1.77 bits per heavy atom. The van der Waals surface area contributed by atoms with Crippen molar-refractivity contribution in [3.63, 3.8) is 0 Å². The van der Waals surface area contributed by atoms with Crippen LogP contribution in [0.1, 0.15) is 16.7 Å². The van der Waals surface area contributed by atoms with Crippen molar-refractivity contribution in [3.8, 4) is 11.8 Å². The van der Waals surface area contributed by atoms with Gasteiger partial charge in [-0.25, -0.2) is 0 Å². The standard InChI is InChI=1S/C24H18Br2N2O2/c1-30-23-13-16(11-18(15-27)24(29)28-19-8-3-2-4-9-19)12-22(26)20(23)14-17-7-5-6-10-21(17)25/h2-13H,14H2,1H3,(H,28,29)/b18-11+. The molecule has 3 aromatic carbocycles. The van der Waals surface area contributed by atoms with Crippen molar-refractivity contribution < 1.29 is 9.53 Å². The molecule has 30 heavy (non-hydrogen) atoms. The molecule has 0 aromatic heterocycles. The number of rotatable bonds is 6. The van der Waals surface area contributed by atoms with E-state index in [1.165, 1.54) is 0 Å². The minimum atomic E-state index is -0.462. The topological polar surface area (TPSA) is 62.1 Å². The summed E-state index contributed by atoms with van der Waals surface area (Å²) in [5, 5.41) is 12.2. The molecule has 0 aliphatic rings. The van der Waals surface area contributed by atoms with Crippen LogP contribution in [0.3, 0.4) is 0 Å². The molecule has 4 nitrogen and oxygen atoms in total. The highest BCUT2D eigenvalue weighted by Gasteiger charge is 2.14. The third-order valence-corrected chi connectivity index (χ3v) is 5.91. The Hall–Kier alpha value is -2.88. The summed E-state index contributed by atoms with van der Waals surface area (Å²) >= 11 is 7.19. The number of amides is 1. The van der Waals surface area contributed by atoms with Crippen LogP contribution in [-0.4, -0.2) is 13.0 Å². The predicted molar refractivity (Wildman–Crippen MR) is 126 cm³/mol. The number of benzene rings is 3. The van der Waals surface area contributed by atoms with Gasteiger partial charge in [-0.05, 0) is 47.5 Å². The minimum Gasteiger partial charge on any atom is -0.496 e. The van der Waals surface area contributed by atoms with Gasteiger partial charge < -0.3 is 10.1 Å². The quantitative estimate of drug-likeness (QED) is 0.301. The average Bonchev–Trinajstić information content (AvgIpc) is 2.75. The molecule has 0 fully saturated rings. The third kappa shape index (κ3) is 5.38. The number of ether oxygens (including phenoxy) is 1. The first kappa shape index (κ1) is 21.8. The van der Waals surface area contributed by atoms with E-state index in [4.69, 9.17) is 4.74 Å². The lowest BCUT2D eigenvalue weighted by molar-refractivity contribution is -0.112. The van der Waals surface area contributed by atoms with E-state index >= 15 is 0 Å². The summed E-state index contributed by atoms with van der Waals surface area (Å²) in [6.45, 7) is 0. The maximum absolute atomic E-state index is 12.5. The maximum Gasteiger partial charge on any atom is 0.266 e. The van der Waals surface area contributed by atoms with Gasteiger partial charge in [-0.2, -0.15) is 5.26 Å². The molecule has 0 heterocycles. The second-order valence-corrected chi connectivity index (χ2v) is 8.15. The number of hydrogen-bond acceptors (Lipinski definition) is 3. The van der Waals surface area contributed by atoms with Gasteiger partial charge in [0.1, 0.15) is 17.4 Å². The van der Waals surface area contributed by atoms with Gasteiger partial charge in [0.15, 0.2) is 0 Å². The van der Waals surface area contributed by atoms with Gasteiger partial charge in [0, 0.05) is 26.6 Å². The van der Waals surface area contributed by atoms with Gasteiger partial charge in [-0.1, -0.05) is 68.3 Å². The summed E-state index contributed by atoms with van der Waals surface area (Å²) in [7, 11) is 1.60. The number of halogens is 2. The van der Waals surface area contributed by atoms with Crippen LogP contribution >= 0.6 is 31.9 Å². The summed E-state index contributed by atoms with van der Waals surface area (Å²) in [5.41, 5.74) is 3.43. The molecule has 1 amide bonds. The molecule has 1 N–H and O–H groups in total. The molecule has 150 valence electrons. The Bertz CT molecular complexity index is 1140. The van der Waals surface area contributed by atoms with Crippen molar-refractivity contribution in [2.24, 2.45) is 0 Å². The Morgan fingerprint density at radius 3 is 2.43 bits per heavy atom. The molecule has 0 bridgehead atoms. The Labute approximate surface area is 192 Å². The first-order valence-corrected chi connectivity index (χ1v) is 10.7. The first-order valence-electron chi connectivity index (χ1n) is 9.10. The van der Waals surface area contributed by atoms with Crippen LogP contribution in [0.4, 0.5) is 5.69 Å². The van der Waals surface area contributed by atoms with Crippen LogP contribution in [-0.2, 0) is 11.2 Å². The molecular formula is C24H18Br2N2O2. The number of nitrogens with one attached hydrogen (secondary N) is 1. The van der Waals surface area contributed by atoms with Crippen LogP contribution in [0.25, 0.3) is 6.08 Å². The average molecular weight is 526 g/mol. The van der Waals surface area contributed by atoms with Gasteiger partial charge in [0.2, 0.25) is 0 Å². The van der Waals surface area contributed by atoms with Crippen LogP contribution in [0.5, 0.6) is 5.75 Å². The number of methoxy groups -OCH3 is 1. The number of carbonyl (C=O) groups is 1. The molecule has 3 aromatic rings. The molecule has 0 atom stereocenters. The van der Waals surface area contributed by atoms with Gasteiger partial charge in [0.25, 0.3) is 5.91 Å². The highest BCUT2D eigenvalue weighted by Crippen LogP contribution is 2.33. The van der Waals surface area contributed by atoms with E-state index in [0.29, 0.717) is 23.4 Å². The lowest BCUT2D eigenvalue weighted by Crippen LogP contribution is -2.13. The largest absolute Gasteiger partial charge is 0.496 e. The fourth-order valence-electron chi connectivity index (χ4n) is 2.94. The van der Waals surface area contributed by atoms with Crippen molar-refractivity contribution in [1.29, 1.82) is 5.26 Å². The zero-order valence-corrected chi connectivity index (χ0v) is 19.3. The van der Waals surface area contributed by atoms with E-state index in [1.807, 2.05) is 60.7 Å². The monoisotopic (exact) mass is 524 g/mol. The smallest absolute Gasteiger partial charge is 0.266 e. The molecule has 0 spiro atoms. The first-order chi connectivity index (χ1) is 14.5. The Kier molecular flexibility index (Phi) is 7.45. The van der Waals surface area contributed by atoms with Crippen molar-refractivity contribution in [1.82, 2.24) is 0 Å². The molecule has 0 saturated heterocycles. The van der Waals surface area contributed by atoms with Crippen molar-refractivity contribution in [2.45, 2.75) is 6.42 Å². The zero-order valence-electron chi connectivity index (χ0n) is 16.2. The summed E-state index contributed by atoms with van der Waals surface area (Å²) in [6.07, 6.45) is 2.21. The van der Waals surface area contributed by atoms with Crippen LogP contribution in [0.2, 0.25) is 0 Å². The van der Waals surface area contributed by atoms with E-state index in [0.717, 1.165) is 20.1 Å². The second-order valence-electron chi connectivity index (χ2n) is 6.44. The predicted octanol–water partition coefficient (Wildman–Crippen LogP) is 6.36. The molecule has 3 rings (SSSR count). The van der Waals surface area contributed by atoms with Gasteiger partial charge in [-0.3, -0.25) is 4.79 Å². The van der Waals surface area contributed by atoms with E-state index in [9.17, 15) is 10.1 Å². The number of para-hydroxylation sites is 1. The number of carbonyl (C=O) groups excluding carboxylic acids is 1. The van der Waals surface area contributed by atoms with E-state index < -0.39 is 5.91 Å². The lowest BCUT2D eigenvalue weighted by atomic mass is 10.0. The number of hydrogen-bond donors (Lipinski definition) is 1. The highest BCUT2D eigenvalue weighted by molar-refractivity contribution is 9.10. The minimum absolute atomic E-state index is 0.00589. The molecule has 6 heteroatoms. The summed E-state index contributed by atoms with van der Waals surface area (Å²) in [6, 6.07) is 22.7. The number of nitrogens with zero attached hydrogens (tertiary/aromatic N) is 1. The van der Waals surface area contributed by atoms with Gasteiger partial charge >= 0.3 is 0 Å². The Balaban J connectivity index is 1.90. The summed E-state index contributed by atoms with van der Waals surface area (Å²) in [4.78, 5) is 12.5. The van der Waals surface area contributed by atoms with Crippen LogP contribution in [0.15, 0.2) is 81.2 Å². The summed E-state index contributed by atoms with van der Waals surface area (Å²) in [5.74, 6) is 0.211. The van der Waals surface area contributed by atoms with Gasteiger partial charge in [-0.15, -0.1) is 0 Å². The molecule has 0 radical (unpaired) electrons. The van der Waals surface area contributed by atoms with Crippen molar-refractivity contribution >= 4 is 49.5 Å².